The van der Waals surface area contributed by atoms with Crippen LogP contribution >= 0.6 is 0 Å². The topological polar surface area (TPSA) is 52.0 Å². The van der Waals surface area contributed by atoms with Gasteiger partial charge in [-0.3, -0.25) is 0 Å². The summed E-state index contributed by atoms with van der Waals surface area (Å²) in [5, 5.41) is 0. The molecular formula is C16H36N2. The van der Waals surface area contributed by atoms with Gasteiger partial charge < -0.3 is 11.5 Å². The molecule has 0 rings (SSSR count). The molecule has 0 aromatic rings. The average molecular weight is 256 g/mol. The Morgan fingerprint density at radius 1 is 0.667 bits per heavy atom. The van der Waals surface area contributed by atoms with E-state index in [2.05, 4.69) is 27.7 Å². The molecule has 0 spiro atoms. The van der Waals surface area contributed by atoms with E-state index >= 15 is 0 Å². The molecule has 2 heteroatoms. The van der Waals surface area contributed by atoms with E-state index in [0.717, 1.165) is 13.0 Å². The van der Waals surface area contributed by atoms with Gasteiger partial charge in [-0.2, -0.15) is 0 Å². The molecule has 0 saturated carbocycles. The fourth-order valence-corrected chi connectivity index (χ4v) is 2.43. The lowest BCUT2D eigenvalue weighted by atomic mass is 9.80. The Hall–Kier alpha value is -0.0800. The molecule has 0 aromatic carbocycles. The predicted molar refractivity (Wildman–Crippen MR) is 82.7 cm³/mol. The summed E-state index contributed by atoms with van der Waals surface area (Å²) in [6.45, 7) is 9.89. The lowest BCUT2D eigenvalue weighted by molar-refractivity contribution is 0.272. The summed E-state index contributed by atoms with van der Waals surface area (Å²) in [5.41, 5.74) is 12.0. The first-order valence-electron chi connectivity index (χ1n) is 7.76. The summed E-state index contributed by atoms with van der Waals surface area (Å²) in [4.78, 5) is 0. The third-order valence-electron chi connectivity index (χ3n) is 3.73. The summed E-state index contributed by atoms with van der Waals surface area (Å²) >= 11 is 0. The van der Waals surface area contributed by atoms with E-state index in [4.69, 9.17) is 11.5 Å². The van der Waals surface area contributed by atoms with Crippen LogP contribution in [0.25, 0.3) is 0 Å². The molecule has 0 aliphatic heterocycles. The number of nitrogens with two attached hydrogens (primary N) is 2. The van der Waals surface area contributed by atoms with Crippen molar-refractivity contribution in [1.82, 2.24) is 0 Å². The maximum atomic E-state index is 6.02. The third kappa shape index (κ3) is 12.4. The molecule has 0 fully saturated rings. The van der Waals surface area contributed by atoms with Crippen molar-refractivity contribution in [2.45, 2.75) is 91.0 Å². The Morgan fingerprint density at radius 2 is 1.17 bits per heavy atom. The summed E-state index contributed by atoms with van der Waals surface area (Å²) in [6.07, 6.45) is 11.6. The molecule has 4 N–H and O–H groups in total. The van der Waals surface area contributed by atoms with Crippen molar-refractivity contribution < 1.29 is 0 Å². The first-order valence-corrected chi connectivity index (χ1v) is 7.76. The Labute approximate surface area is 115 Å². The zero-order valence-corrected chi connectivity index (χ0v) is 13.2. The van der Waals surface area contributed by atoms with Crippen molar-refractivity contribution in [3.63, 3.8) is 0 Å². The molecule has 0 bridgehead atoms. The normalized spacial score (nSPS) is 13.0. The summed E-state index contributed by atoms with van der Waals surface area (Å²) in [7, 11) is 0. The molecule has 0 heterocycles. The van der Waals surface area contributed by atoms with Gasteiger partial charge in [0, 0.05) is 5.54 Å². The molecule has 0 aliphatic carbocycles. The Balaban J connectivity index is 3.55. The fourth-order valence-electron chi connectivity index (χ4n) is 2.43. The van der Waals surface area contributed by atoms with Gasteiger partial charge in [0.25, 0.3) is 0 Å². The van der Waals surface area contributed by atoms with Crippen molar-refractivity contribution >= 4 is 0 Å². The molecule has 0 amide bonds. The van der Waals surface area contributed by atoms with Gasteiger partial charge in [-0.05, 0) is 51.5 Å². The van der Waals surface area contributed by atoms with E-state index < -0.39 is 0 Å². The summed E-state index contributed by atoms with van der Waals surface area (Å²) in [5.74, 6) is 0. The monoisotopic (exact) mass is 256 g/mol. The standard InChI is InChI=1S/C16H36N2/c1-15(2,12-10-13-16(3,4)18)11-8-6-5-7-9-14-17/h5-14,17-18H2,1-4H3. The van der Waals surface area contributed by atoms with E-state index in [1.807, 2.05) is 0 Å². The third-order valence-corrected chi connectivity index (χ3v) is 3.73. The van der Waals surface area contributed by atoms with Gasteiger partial charge in [-0.25, -0.2) is 0 Å². The second-order valence-electron chi connectivity index (χ2n) is 7.31. The summed E-state index contributed by atoms with van der Waals surface area (Å²) in [6, 6.07) is 0. The van der Waals surface area contributed by atoms with Gasteiger partial charge in [0.1, 0.15) is 0 Å². The van der Waals surface area contributed by atoms with Crippen molar-refractivity contribution in [2.24, 2.45) is 16.9 Å². The molecule has 0 saturated heterocycles. The highest BCUT2D eigenvalue weighted by Crippen LogP contribution is 2.30. The maximum Gasteiger partial charge on any atom is 0.00970 e. The van der Waals surface area contributed by atoms with E-state index in [-0.39, 0.29) is 5.54 Å². The number of unbranched alkanes of at least 4 members (excludes halogenated alkanes) is 4. The lowest BCUT2D eigenvalue weighted by Crippen LogP contribution is -2.31. The smallest absolute Gasteiger partial charge is 0.00970 e. The minimum atomic E-state index is -0.00168. The Morgan fingerprint density at radius 3 is 1.72 bits per heavy atom. The van der Waals surface area contributed by atoms with E-state index in [1.165, 1.54) is 51.4 Å². The van der Waals surface area contributed by atoms with Crippen LogP contribution in [0.3, 0.4) is 0 Å². The highest BCUT2D eigenvalue weighted by molar-refractivity contribution is 4.75. The van der Waals surface area contributed by atoms with Crippen LogP contribution in [0.2, 0.25) is 0 Å². The van der Waals surface area contributed by atoms with Gasteiger partial charge in [-0.1, -0.05) is 46.0 Å². The van der Waals surface area contributed by atoms with Gasteiger partial charge >= 0.3 is 0 Å². The highest BCUT2D eigenvalue weighted by Gasteiger charge is 2.18. The van der Waals surface area contributed by atoms with Crippen molar-refractivity contribution in [3.8, 4) is 0 Å². The quantitative estimate of drug-likeness (QED) is 0.544. The zero-order valence-electron chi connectivity index (χ0n) is 13.2. The second-order valence-corrected chi connectivity index (χ2v) is 7.31. The van der Waals surface area contributed by atoms with Gasteiger partial charge in [-0.15, -0.1) is 0 Å². The van der Waals surface area contributed by atoms with Crippen LogP contribution in [0.5, 0.6) is 0 Å². The minimum absolute atomic E-state index is 0.00168. The summed E-state index contributed by atoms with van der Waals surface area (Å²) < 4.78 is 0. The van der Waals surface area contributed by atoms with Crippen LogP contribution in [0.1, 0.15) is 85.5 Å². The molecule has 0 atom stereocenters. The Bertz CT molecular complexity index is 192. The van der Waals surface area contributed by atoms with Crippen LogP contribution < -0.4 is 11.5 Å². The van der Waals surface area contributed by atoms with E-state index in [9.17, 15) is 0 Å². The first kappa shape index (κ1) is 17.9. The van der Waals surface area contributed by atoms with Crippen molar-refractivity contribution in [3.05, 3.63) is 0 Å². The predicted octanol–water partition coefficient (Wildman–Crippen LogP) is 4.22. The van der Waals surface area contributed by atoms with E-state index in [1.54, 1.807) is 0 Å². The number of hydrogen-bond donors (Lipinski definition) is 2. The van der Waals surface area contributed by atoms with Crippen molar-refractivity contribution in [1.29, 1.82) is 0 Å². The van der Waals surface area contributed by atoms with E-state index in [0.29, 0.717) is 5.41 Å². The number of rotatable bonds is 11. The molecular weight excluding hydrogens is 220 g/mol. The molecule has 110 valence electrons. The van der Waals surface area contributed by atoms with Crippen LogP contribution in [0.15, 0.2) is 0 Å². The van der Waals surface area contributed by atoms with Crippen LogP contribution in [-0.4, -0.2) is 12.1 Å². The fraction of sp³-hybridized carbons (Fsp3) is 1.00. The van der Waals surface area contributed by atoms with Gasteiger partial charge in [0.15, 0.2) is 0 Å². The van der Waals surface area contributed by atoms with Crippen molar-refractivity contribution in [2.75, 3.05) is 6.54 Å². The zero-order chi connectivity index (χ0) is 14.1. The van der Waals surface area contributed by atoms with Crippen LogP contribution in [0.4, 0.5) is 0 Å². The maximum absolute atomic E-state index is 6.02. The van der Waals surface area contributed by atoms with Crippen LogP contribution in [0, 0.1) is 5.41 Å². The van der Waals surface area contributed by atoms with Crippen LogP contribution in [-0.2, 0) is 0 Å². The number of hydrogen-bond acceptors (Lipinski definition) is 2. The van der Waals surface area contributed by atoms with Gasteiger partial charge in [0.05, 0.1) is 0 Å². The molecule has 0 unspecified atom stereocenters. The highest BCUT2D eigenvalue weighted by atomic mass is 14.7. The van der Waals surface area contributed by atoms with Gasteiger partial charge in [0.2, 0.25) is 0 Å². The largest absolute Gasteiger partial charge is 0.330 e. The first-order chi connectivity index (χ1) is 8.27. The second kappa shape index (κ2) is 8.92. The Kier molecular flexibility index (Phi) is 8.89. The molecule has 0 aliphatic rings. The molecule has 2 nitrogen and oxygen atoms in total. The average Bonchev–Trinajstić information content (AvgIpc) is 2.21. The SMILES string of the molecule is CC(C)(N)CCCC(C)(C)CCCCCCCN. The molecule has 0 radical (unpaired) electrons. The lowest BCUT2D eigenvalue weighted by Gasteiger charge is -2.27. The minimum Gasteiger partial charge on any atom is -0.330 e. The molecule has 0 aromatic heterocycles. The molecule has 18 heavy (non-hydrogen) atoms.